The molecule has 0 saturated carbocycles. The summed E-state index contributed by atoms with van der Waals surface area (Å²) in [6.07, 6.45) is 5.52. The zero-order chi connectivity index (χ0) is 18.8. The summed E-state index contributed by atoms with van der Waals surface area (Å²) in [4.78, 5) is 27.7. The Balaban J connectivity index is 1.71. The van der Waals surface area contributed by atoms with Gasteiger partial charge in [-0.05, 0) is 30.0 Å². The number of carbonyl (C=O) groups excluding carboxylic acids is 1. The van der Waals surface area contributed by atoms with E-state index in [0.29, 0.717) is 38.1 Å². The van der Waals surface area contributed by atoms with Crippen LogP contribution in [0.4, 0.5) is 4.79 Å². The number of urea groups is 1. The number of piperidine rings is 1. The van der Waals surface area contributed by atoms with Crippen molar-refractivity contribution >= 4 is 18.0 Å². The number of fused-ring (bicyclic) bond motifs is 1. The SMILES string of the molecule is NCc1ccccc1CN1C(=O)N2CC=CN=C2N=C1N1CCCC(N)C1. The maximum atomic E-state index is 13.3. The predicted molar refractivity (Wildman–Crippen MR) is 105 cm³/mol. The third kappa shape index (κ3) is 3.45. The molecule has 0 spiro atoms. The Morgan fingerprint density at radius 3 is 2.81 bits per heavy atom. The molecule has 1 saturated heterocycles. The number of nitrogens with zero attached hydrogens (tertiary/aromatic N) is 5. The largest absolute Gasteiger partial charge is 0.340 e. The highest BCUT2D eigenvalue weighted by Gasteiger charge is 2.37. The molecule has 4 rings (SSSR count). The molecule has 2 amide bonds. The number of benzene rings is 1. The van der Waals surface area contributed by atoms with E-state index in [-0.39, 0.29) is 12.1 Å². The number of guanidine groups is 2. The van der Waals surface area contributed by atoms with Gasteiger partial charge in [0.1, 0.15) is 0 Å². The van der Waals surface area contributed by atoms with Crippen LogP contribution in [0.25, 0.3) is 0 Å². The van der Waals surface area contributed by atoms with E-state index in [0.717, 1.165) is 30.5 Å². The van der Waals surface area contributed by atoms with Crippen LogP contribution >= 0.6 is 0 Å². The van der Waals surface area contributed by atoms with Crippen molar-refractivity contribution < 1.29 is 4.79 Å². The average Bonchev–Trinajstić information content (AvgIpc) is 2.70. The molecule has 8 nitrogen and oxygen atoms in total. The number of likely N-dealkylation sites (tertiary alicyclic amines) is 1. The van der Waals surface area contributed by atoms with Crippen LogP contribution in [0.2, 0.25) is 0 Å². The number of hydrogen-bond acceptors (Lipinski definition) is 6. The molecule has 27 heavy (non-hydrogen) atoms. The van der Waals surface area contributed by atoms with Crippen molar-refractivity contribution in [1.82, 2.24) is 14.7 Å². The van der Waals surface area contributed by atoms with Crippen LogP contribution in [-0.4, -0.2) is 58.3 Å². The predicted octanol–water partition coefficient (Wildman–Crippen LogP) is 1.05. The Labute approximate surface area is 158 Å². The number of carbonyl (C=O) groups is 1. The molecule has 3 aliphatic heterocycles. The normalized spacial score (nSPS) is 22.5. The lowest BCUT2D eigenvalue weighted by atomic mass is 10.1. The third-order valence-corrected chi connectivity index (χ3v) is 5.14. The first kappa shape index (κ1) is 17.7. The molecule has 0 radical (unpaired) electrons. The summed E-state index contributed by atoms with van der Waals surface area (Å²) < 4.78 is 0. The van der Waals surface area contributed by atoms with Gasteiger partial charge in [0.15, 0.2) is 0 Å². The van der Waals surface area contributed by atoms with Crippen molar-refractivity contribution in [2.75, 3.05) is 19.6 Å². The Kier molecular flexibility index (Phi) is 4.91. The van der Waals surface area contributed by atoms with E-state index < -0.39 is 0 Å². The molecule has 3 heterocycles. The molecule has 8 heteroatoms. The Morgan fingerprint density at radius 2 is 2.04 bits per heavy atom. The average molecular weight is 367 g/mol. The third-order valence-electron chi connectivity index (χ3n) is 5.14. The van der Waals surface area contributed by atoms with Crippen molar-refractivity contribution in [1.29, 1.82) is 0 Å². The van der Waals surface area contributed by atoms with Crippen molar-refractivity contribution in [3.63, 3.8) is 0 Å². The fourth-order valence-electron chi connectivity index (χ4n) is 3.71. The van der Waals surface area contributed by atoms with Gasteiger partial charge in [-0.2, -0.15) is 4.99 Å². The van der Waals surface area contributed by atoms with Crippen LogP contribution in [0.15, 0.2) is 46.5 Å². The number of rotatable bonds is 3. The zero-order valence-corrected chi connectivity index (χ0v) is 15.3. The zero-order valence-electron chi connectivity index (χ0n) is 15.3. The quantitative estimate of drug-likeness (QED) is 0.833. The summed E-state index contributed by atoms with van der Waals surface area (Å²) in [6.45, 7) is 2.84. The lowest BCUT2D eigenvalue weighted by molar-refractivity contribution is 0.184. The van der Waals surface area contributed by atoms with Gasteiger partial charge in [0, 0.05) is 31.9 Å². The second-order valence-corrected chi connectivity index (χ2v) is 7.03. The standard InChI is InChI=1S/C19H25N7O/c20-11-14-5-1-2-6-15(14)12-26-18(24-9-3-7-16(21)13-24)23-17-22-8-4-10-25(17)19(26)27/h1-2,4-6,8,16H,3,7,9-13,20-21H2. The van der Waals surface area contributed by atoms with Crippen LogP contribution in [0.1, 0.15) is 24.0 Å². The van der Waals surface area contributed by atoms with Gasteiger partial charge in [-0.15, -0.1) is 0 Å². The molecule has 142 valence electrons. The second kappa shape index (κ2) is 7.50. The molecule has 0 aliphatic carbocycles. The van der Waals surface area contributed by atoms with E-state index in [1.165, 1.54) is 0 Å². The summed E-state index contributed by atoms with van der Waals surface area (Å²) in [7, 11) is 0. The molecular formula is C19H25N7O. The number of aliphatic imine (C=N–C) groups is 2. The molecule has 0 bridgehead atoms. The minimum Gasteiger partial charge on any atom is -0.340 e. The highest BCUT2D eigenvalue weighted by Crippen LogP contribution is 2.22. The molecule has 4 N–H and O–H groups in total. The minimum absolute atomic E-state index is 0.0842. The molecule has 1 fully saturated rings. The molecule has 1 atom stereocenters. The van der Waals surface area contributed by atoms with Crippen molar-refractivity contribution in [3.05, 3.63) is 47.7 Å². The smallest absolute Gasteiger partial charge is 0.334 e. The fraction of sp³-hybridized carbons (Fsp3) is 0.421. The number of nitrogens with two attached hydrogens (primary N) is 2. The van der Waals surface area contributed by atoms with E-state index in [2.05, 4.69) is 9.89 Å². The maximum Gasteiger partial charge on any atom is 0.334 e. The van der Waals surface area contributed by atoms with E-state index in [4.69, 9.17) is 16.5 Å². The fourth-order valence-corrected chi connectivity index (χ4v) is 3.71. The van der Waals surface area contributed by atoms with E-state index in [9.17, 15) is 4.79 Å². The lowest BCUT2D eigenvalue weighted by Gasteiger charge is -2.42. The molecule has 3 aliphatic rings. The minimum atomic E-state index is -0.117. The number of hydrogen-bond donors (Lipinski definition) is 2. The van der Waals surface area contributed by atoms with Gasteiger partial charge in [0.2, 0.25) is 11.9 Å². The first-order valence-corrected chi connectivity index (χ1v) is 9.35. The molecule has 1 unspecified atom stereocenters. The van der Waals surface area contributed by atoms with Gasteiger partial charge in [0.05, 0.1) is 13.1 Å². The number of amides is 2. The van der Waals surface area contributed by atoms with Crippen LogP contribution in [0.3, 0.4) is 0 Å². The van der Waals surface area contributed by atoms with Gasteiger partial charge in [-0.25, -0.2) is 9.79 Å². The van der Waals surface area contributed by atoms with Crippen LogP contribution in [0, 0.1) is 0 Å². The van der Waals surface area contributed by atoms with E-state index in [1.807, 2.05) is 30.3 Å². The Morgan fingerprint density at radius 1 is 1.22 bits per heavy atom. The van der Waals surface area contributed by atoms with Crippen molar-refractivity contribution in [2.24, 2.45) is 21.5 Å². The monoisotopic (exact) mass is 367 g/mol. The van der Waals surface area contributed by atoms with Crippen LogP contribution in [0.5, 0.6) is 0 Å². The molecule has 1 aromatic carbocycles. The van der Waals surface area contributed by atoms with Gasteiger partial charge >= 0.3 is 6.03 Å². The summed E-state index contributed by atoms with van der Waals surface area (Å²) in [5.41, 5.74) is 14.1. The van der Waals surface area contributed by atoms with Crippen molar-refractivity contribution in [3.8, 4) is 0 Å². The first-order valence-electron chi connectivity index (χ1n) is 9.35. The molecule has 0 aromatic heterocycles. The maximum absolute atomic E-state index is 13.3. The molecular weight excluding hydrogens is 342 g/mol. The highest BCUT2D eigenvalue weighted by atomic mass is 16.2. The van der Waals surface area contributed by atoms with Gasteiger partial charge in [0.25, 0.3) is 0 Å². The van der Waals surface area contributed by atoms with Crippen LogP contribution < -0.4 is 11.5 Å². The first-order chi connectivity index (χ1) is 13.2. The van der Waals surface area contributed by atoms with Crippen molar-refractivity contribution in [2.45, 2.75) is 32.0 Å². The van der Waals surface area contributed by atoms with Gasteiger partial charge in [-0.1, -0.05) is 24.3 Å². The summed E-state index contributed by atoms with van der Waals surface area (Å²) >= 11 is 0. The van der Waals surface area contributed by atoms with E-state index >= 15 is 0 Å². The Bertz CT molecular complexity index is 816. The van der Waals surface area contributed by atoms with Crippen LogP contribution in [-0.2, 0) is 13.1 Å². The molecule has 1 aromatic rings. The van der Waals surface area contributed by atoms with Gasteiger partial charge in [-0.3, -0.25) is 9.80 Å². The van der Waals surface area contributed by atoms with E-state index in [1.54, 1.807) is 16.0 Å². The topological polar surface area (TPSA) is 104 Å². The lowest BCUT2D eigenvalue weighted by Crippen LogP contribution is -2.60. The Hall–Kier alpha value is -2.71. The highest BCUT2D eigenvalue weighted by molar-refractivity contribution is 6.13. The summed E-state index contributed by atoms with van der Waals surface area (Å²) in [5.74, 6) is 1.08. The summed E-state index contributed by atoms with van der Waals surface area (Å²) in [5, 5.41) is 0. The van der Waals surface area contributed by atoms with Gasteiger partial charge < -0.3 is 16.4 Å². The summed E-state index contributed by atoms with van der Waals surface area (Å²) in [6, 6.07) is 7.90. The second-order valence-electron chi connectivity index (χ2n) is 7.03.